The Morgan fingerprint density at radius 1 is 0.850 bits per heavy atom. The van der Waals surface area contributed by atoms with Gasteiger partial charge >= 0.3 is 0 Å². The first-order chi connectivity index (χ1) is 9.92. The summed E-state index contributed by atoms with van der Waals surface area (Å²) in [7, 11) is 0. The normalized spacial score (nSPS) is 19.3. The largest absolute Gasteiger partial charge is 0.457 e. The second-order valence-electron chi connectivity index (χ2n) is 5.34. The molecule has 2 aromatic carbocycles. The van der Waals surface area contributed by atoms with E-state index in [1.54, 1.807) is 0 Å². The Labute approximate surface area is 120 Å². The van der Waals surface area contributed by atoms with Crippen LogP contribution < -0.4 is 10.1 Å². The Balaban J connectivity index is 1.75. The zero-order chi connectivity index (χ0) is 13.6. The van der Waals surface area contributed by atoms with E-state index in [2.05, 4.69) is 23.5 Å². The quantitative estimate of drug-likeness (QED) is 0.871. The van der Waals surface area contributed by atoms with Crippen molar-refractivity contribution in [2.24, 2.45) is 0 Å². The number of hydrogen-bond acceptors (Lipinski definition) is 2. The highest BCUT2D eigenvalue weighted by Gasteiger charge is 2.14. The SMILES string of the molecule is c1ccc(Oc2cccc(C3CCCCCN3)c2)cc1. The fraction of sp³-hybridized carbons (Fsp3) is 0.333. The Hall–Kier alpha value is -1.80. The zero-order valence-electron chi connectivity index (χ0n) is 11.7. The highest BCUT2D eigenvalue weighted by atomic mass is 16.5. The van der Waals surface area contributed by atoms with Crippen molar-refractivity contribution in [3.05, 3.63) is 60.2 Å². The van der Waals surface area contributed by atoms with E-state index < -0.39 is 0 Å². The molecule has 20 heavy (non-hydrogen) atoms. The van der Waals surface area contributed by atoms with Crippen LogP contribution in [-0.2, 0) is 0 Å². The summed E-state index contributed by atoms with van der Waals surface area (Å²) in [6.07, 6.45) is 5.15. The lowest BCUT2D eigenvalue weighted by Crippen LogP contribution is -2.20. The molecule has 104 valence electrons. The van der Waals surface area contributed by atoms with Crippen molar-refractivity contribution in [2.75, 3.05) is 6.54 Å². The summed E-state index contributed by atoms with van der Waals surface area (Å²) in [5.74, 6) is 1.80. The third-order valence-electron chi connectivity index (χ3n) is 3.80. The van der Waals surface area contributed by atoms with Crippen molar-refractivity contribution in [1.82, 2.24) is 5.32 Å². The second-order valence-corrected chi connectivity index (χ2v) is 5.34. The second kappa shape index (κ2) is 6.58. The van der Waals surface area contributed by atoms with Gasteiger partial charge in [0.15, 0.2) is 0 Å². The molecule has 1 fully saturated rings. The first kappa shape index (κ1) is 13.2. The molecule has 1 N–H and O–H groups in total. The van der Waals surface area contributed by atoms with Crippen molar-refractivity contribution in [3.63, 3.8) is 0 Å². The van der Waals surface area contributed by atoms with Crippen LogP contribution in [0.5, 0.6) is 11.5 Å². The number of nitrogens with one attached hydrogen (secondary N) is 1. The van der Waals surface area contributed by atoms with Gasteiger partial charge in [0, 0.05) is 6.04 Å². The molecule has 1 aliphatic heterocycles. The summed E-state index contributed by atoms with van der Waals surface area (Å²) < 4.78 is 5.91. The number of rotatable bonds is 3. The minimum Gasteiger partial charge on any atom is -0.457 e. The molecule has 0 aliphatic carbocycles. The molecule has 0 saturated carbocycles. The fourth-order valence-electron chi connectivity index (χ4n) is 2.73. The lowest BCUT2D eigenvalue weighted by Gasteiger charge is -2.17. The Morgan fingerprint density at radius 3 is 2.60 bits per heavy atom. The molecule has 1 aliphatic rings. The van der Waals surface area contributed by atoms with E-state index in [0.717, 1.165) is 18.0 Å². The Kier molecular flexibility index (Phi) is 4.34. The molecule has 0 amide bonds. The number of benzene rings is 2. The van der Waals surface area contributed by atoms with Gasteiger partial charge in [-0.3, -0.25) is 0 Å². The molecule has 0 radical (unpaired) electrons. The van der Waals surface area contributed by atoms with Crippen molar-refractivity contribution in [2.45, 2.75) is 31.7 Å². The van der Waals surface area contributed by atoms with Crippen molar-refractivity contribution >= 4 is 0 Å². The molecule has 3 rings (SSSR count). The van der Waals surface area contributed by atoms with E-state index in [-0.39, 0.29) is 0 Å². The molecule has 2 nitrogen and oxygen atoms in total. The monoisotopic (exact) mass is 267 g/mol. The van der Waals surface area contributed by atoms with E-state index in [9.17, 15) is 0 Å². The summed E-state index contributed by atoms with van der Waals surface area (Å²) in [5.41, 5.74) is 1.33. The third kappa shape index (κ3) is 3.40. The summed E-state index contributed by atoms with van der Waals surface area (Å²) in [5, 5.41) is 3.63. The maximum atomic E-state index is 5.91. The molecular formula is C18H21NO. The van der Waals surface area contributed by atoms with Gasteiger partial charge in [-0.05, 0) is 49.2 Å². The molecule has 1 heterocycles. The van der Waals surface area contributed by atoms with Crippen LogP contribution in [-0.4, -0.2) is 6.54 Å². The highest BCUT2D eigenvalue weighted by Crippen LogP contribution is 2.27. The lowest BCUT2D eigenvalue weighted by molar-refractivity contribution is 0.477. The van der Waals surface area contributed by atoms with Crippen LogP contribution in [0.2, 0.25) is 0 Å². The lowest BCUT2D eigenvalue weighted by atomic mass is 10.0. The summed E-state index contributed by atoms with van der Waals surface area (Å²) in [6, 6.07) is 18.9. The summed E-state index contributed by atoms with van der Waals surface area (Å²) in [6.45, 7) is 1.12. The third-order valence-corrected chi connectivity index (χ3v) is 3.80. The predicted octanol–water partition coefficient (Wildman–Crippen LogP) is 4.68. The van der Waals surface area contributed by atoms with Crippen molar-refractivity contribution in [1.29, 1.82) is 0 Å². The van der Waals surface area contributed by atoms with Gasteiger partial charge in [-0.25, -0.2) is 0 Å². The van der Waals surface area contributed by atoms with Crippen LogP contribution in [0.3, 0.4) is 0 Å². The van der Waals surface area contributed by atoms with E-state index in [0.29, 0.717) is 6.04 Å². The van der Waals surface area contributed by atoms with Gasteiger partial charge in [-0.15, -0.1) is 0 Å². The molecule has 2 heteroatoms. The number of hydrogen-bond donors (Lipinski definition) is 1. The van der Waals surface area contributed by atoms with Crippen LogP contribution in [0.25, 0.3) is 0 Å². The van der Waals surface area contributed by atoms with Gasteiger partial charge in [0.25, 0.3) is 0 Å². The first-order valence-corrected chi connectivity index (χ1v) is 7.48. The van der Waals surface area contributed by atoms with Gasteiger partial charge in [-0.2, -0.15) is 0 Å². The van der Waals surface area contributed by atoms with Crippen LogP contribution in [0.1, 0.15) is 37.3 Å². The average Bonchev–Trinajstić information content (AvgIpc) is 2.78. The van der Waals surface area contributed by atoms with Crippen molar-refractivity contribution < 1.29 is 4.74 Å². The van der Waals surface area contributed by atoms with Gasteiger partial charge in [-0.1, -0.05) is 43.2 Å². The molecule has 0 bridgehead atoms. The Morgan fingerprint density at radius 2 is 1.70 bits per heavy atom. The number of ether oxygens (including phenoxy) is 1. The summed E-state index contributed by atoms with van der Waals surface area (Å²) >= 11 is 0. The minimum absolute atomic E-state index is 0.469. The fourth-order valence-corrected chi connectivity index (χ4v) is 2.73. The molecule has 1 atom stereocenters. The average molecular weight is 267 g/mol. The van der Waals surface area contributed by atoms with Crippen molar-refractivity contribution in [3.8, 4) is 11.5 Å². The molecule has 2 aromatic rings. The molecule has 1 unspecified atom stereocenters. The first-order valence-electron chi connectivity index (χ1n) is 7.48. The predicted molar refractivity (Wildman–Crippen MR) is 82.2 cm³/mol. The molecule has 0 aromatic heterocycles. The highest BCUT2D eigenvalue weighted by molar-refractivity contribution is 5.35. The molecule has 0 spiro atoms. The van der Waals surface area contributed by atoms with E-state index in [1.165, 1.54) is 31.2 Å². The van der Waals surface area contributed by atoms with Crippen LogP contribution in [0.15, 0.2) is 54.6 Å². The minimum atomic E-state index is 0.469. The van der Waals surface area contributed by atoms with Crippen LogP contribution in [0.4, 0.5) is 0 Å². The van der Waals surface area contributed by atoms with Gasteiger partial charge in [0.2, 0.25) is 0 Å². The molecular weight excluding hydrogens is 246 g/mol. The van der Waals surface area contributed by atoms with E-state index >= 15 is 0 Å². The van der Waals surface area contributed by atoms with E-state index in [1.807, 2.05) is 36.4 Å². The maximum absolute atomic E-state index is 5.91. The summed E-state index contributed by atoms with van der Waals surface area (Å²) in [4.78, 5) is 0. The Bertz CT molecular complexity index is 530. The van der Waals surface area contributed by atoms with Gasteiger partial charge < -0.3 is 10.1 Å². The van der Waals surface area contributed by atoms with Crippen LogP contribution in [0, 0.1) is 0 Å². The van der Waals surface area contributed by atoms with Gasteiger partial charge in [0.05, 0.1) is 0 Å². The van der Waals surface area contributed by atoms with E-state index in [4.69, 9.17) is 4.74 Å². The van der Waals surface area contributed by atoms with Gasteiger partial charge in [0.1, 0.15) is 11.5 Å². The number of para-hydroxylation sites is 1. The maximum Gasteiger partial charge on any atom is 0.127 e. The standard InChI is InChI=1S/C18H21NO/c1-3-9-16(10-4-1)20-17-11-7-8-15(14-17)18-12-5-2-6-13-19-18/h1,3-4,7-11,14,18-19H,2,5-6,12-13H2. The molecule has 1 saturated heterocycles. The van der Waals surface area contributed by atoms with Crippen LogP contribution >= 0.6 is 0 Å². The zero-order valence-corrected chi connectivity index (χ0v) is 11.7. The smallest absolute Gasteiger partial charge is 0.127 e. The topological polar surface area (TPSA) is 21.3 Å².